The van der Waals surface area contributed by atoms with Gasteiger partial charge in [0.25, 0.3) is 5.89 Å². The first kappa shape index (κ1) is 24.2. The number of nitrogens with two attached hydrogens (primary N) is 1. The number of carbonyl (C=O) groups excluding carboxylic acids is 3. The number of ketones is 1. The number of primary amides is 1. The number of fused-ring (bicyclic) bond motifs is 1. The van der Waals surface area contributed by atoms with Gasteiger partial charge in [0, 0.05) is 19.0 Å². The summed E-state index contributed by atoms with van der Waals surface area (Å²) in [6.07, 6.45) is 4.53. The van der Waals surface area contributed by atoms with Gasteiger partial charge in [0.1, 0.15) is 11.6 Å². The largest absolute Gasteiger partial charge is 0.446 e. The van der Waals surface area contributed by atoms with Gasteiger partial charge in [-0.3, -0.25) is 9.59 Å². The molecule has 2 amide bonds. The predicted molar refractivity (Wildman–Crippen MR) is 124 cm³/mol. The van der Waals surface area contributed by atoms with E-state index >= 15 is 0 Å². The Kier molecular flexibility index (Phi) is 8.16. The van der Waals surface area contributed by atoms with E-state index in [1.807, 2.05) is 18.2 Å². The molecule has 1 aliphatic heterocycles. The molecule has 2 unspecified atom stereocenters. The van der Waals surface area contributed by atoms with Crippen LogP contribution in [-0.2, 0) is 14.3 Å². The Labute approximate surface area is 198 Å². The normalized spacial score (nSPS) is 19.0. The lowest BCUT2D eigenvalue weighted by atomic mass is 9.75. The molecular formula is C25H33N3O6. The number of Topliss-reactive ketones (excluding diaryl/α,β-unsaturated/α-hetero) is 1. The van der Waals surface area contributed by atoms with Crippen LogP contribution in [0.4, 0.5) is 4.79 Å². The summed E-state index contributed by atoms with van der Waals surface area (Å²) in [5.74, 6) is -0.214. The summed E-state index contributed by atoms with van der Waals surface area (Å²) in [7, 11) is 0. The SMILES string of the molecule is NC(=O)OC(CCC(C(=O)c1nc2ccccc2o1)C1CCCCC1)CC(=O)N1CCOCC1. The summed E-state index contributed by atoms with van der Waals surface area (Å²) in [6, 6.07) is 7.31. The number of morpholine rings is 1. The Hall–Kier alpha value is -2.94. The lowest BCUT2D eigenvalue weighted by Crippen LogP contribution is -2.42. The molecule has 2 heterocycles. The number of hydrogen-bond acceptors (Lipinski definition) is 7. The molecule has 1 saturated heterocycles. The highest BCUT2D eigenvalue weighted by atomic mass is 16.6. The maximum Gasteiger partial charge on any atom is 0.404 e. The predicted octanol–water partition coefficient (Wildman–Crippen LogP) is 3.70. The van der Waals surface area contributed by atoms with Gasteiger partial charge in [0.05, 0.1) is 19.6 Å². The second-order valence-corrected chi connectivity index (χ2v) is 9.19. The van der Waals surface area contributed by atoms with Crippen LogP contribution in [0, 0.1) is 11.8 Å². The molecule has 1 saturated carbocycles. The number of oxazole rings is 1. The first-order valence-electron chi connectivity index (χ1n) is 12.2. The van der Waals surface area contributed by atoms with Gasteiger partial charge in [-0.25, -0.2) is 9.78 Å². The smallest absolute Gasteiger partial charge is 0.404 e. The summed E-state index contributed by atoms with van der Waals surface area (Å²) in [5, 5.41) is 0. The number of nitrogens with zero attached hydrogens (tertiary/aromatic N) is 2. The third-order valence-corrected chi connectivity index (χ3v) is 6.91. The minimum Gasteiger partial charge on any atom is -0.446 e. The first-order chi connectivity index (χ1) is 16.5. The summed E-state index contributed by atoms with van der Waals surface area (Å²) >= 11 is 0. The molecule has 1 aliphatic carbocycles. The monoisotopic (exact) mass is 471 g/mol. The molecule has 2 atom stereocenters. The van der Waals surface area contributed by atoms with Crippen molar-refractivity contribution in [2.45, 2.75) is 57.5 Å². The summed E-state index contributed by atoms with van der Waals surface area (Å²) < 4.78 is 16.4. The molecule has 0 bridgehead atoms. The Morgan fingerprint density at radius 3 is 2.53 bits per heavy atom. The van der Waals surface area contributed by atoms with Gasteiger partial charge in [-0.1, -0.05) is 31.4 Å². The molecule has 4 rings (SSSR count). The lowest BCUT2D eigenvalue weighted by Gasteiger charge is -2.30. The fraction of sp³-hybridized carbons (Fsp3) is 0.600. The molecule has 9 nitrogen and oxygen atoms in total. The van der Waals surface area contributed by atoms with E-state index in [1.165, 1.54) is 6.42 Å². The average Bonchev–Trinajstić information content (AvgIpc) is 3.29. The number of para-hydroxylation sites is 2. The van der Waals surface area contributed by atoms with Crippen molar-refractivity contribution in [1.82, 2.24) is 9.88 Å². The van der Waals surface area contributed by atoms with E-state index in [9.17, 15) is 14.4 Å². The van der Waals surface area contributed by atoms with Crippen LogP contribution in [0.25, 0.3) is 11.1 Å². The van der Waals surface area contributed by atoms with Crippen LogP contribution in [0.5, 0.6) is 0 Å². The topological polar surface area (TPSA) is 125 Å². The Morgan fingerprint density at radius 1 is 1.09 bits per heavy atom. The van der Waals surface area contributed by atoms with Crippen molar-refractivity contribution in [3.05, 3.63) is 30.2 Å². The van der Waals surface area contributed by atoms with Crippen molar-refractivity contribution in [3.8, 4) is 0 Å². The molecule has 2 aromatic rings. The van der Waals surface area contributed by atoms with E-state index in [2.05, 4.69) is 4.98 Å². The molecule has 0 radical (unpaired) electrons. The van der Waals surface area contributed by atoms with Gasteiger partial charge in [0.2, 0.25) is 11.7 Å². The molecule has 2 aliphatic rings. The van der Waals surface area contributed by atoms with E-state index in [1.54, 1.807) is 11.0 Å². The van der Waals surface area contributed by atoms with E-state index in [0.717, 1.165) is 25.7 Å². The Balaban J connectivity index is 1.47. The fourth-order valence-corrected chi connectivity index (χ4v) is 5.12. The second-order valence-electron chi connectivity index (χ2n) is 9.19. The third-order valence-electron chi connectivity index (χ3n) is 6.91. The standard InChI is InChI=1S/C25H33N3O6/c26-25(31)33-18(16-22(29)28-12-14-32-15-13-28)10-11-19(17-6-2-1-3-7-17)23(30)24-27-20-8-4-5-9-21(20)34-24/h4-5,8-9,17-19H,1-3,6-7,10-16H2,(H2,26,31). The number of carbonyl (C=O) groups is 3. The van der Waals surface area contributed by atoms with Gasteiger partial charge in [0.15, 0.2) is 5.58 Å². The third kappa shape index (κ3) is 6.14. The lowest BCUT2D eigenvalue weighted by molar-refractivity contribution is -0.137. The molecule has 34 heavy (non-hydrogen) atoms. The number of hydrogen-bond donors (Lipinski definition) is 1. The minimum absolute atomic E-state index is 0.0391. The van der Waals surface area contributed by atoms with E-state index < -0.39 is 12.2 Å². The van der Waals surface area contributed by atoms with Crippen LogP contribution in [0.1, 0.15) is 62.1 Å². The highest BCUT2D eigenvalue weighted by molar-refractivity contribution is 5.96. The molecule has 2 fully saturated rings. The van der Waals surface area contributed by atoms with Crippen LogP contribution >= 0.6 is 0 Å². The summed E-state index contributed by atoms with van der Waals surface area (Å²) in [4.78, 5) is 43.9. The Bertz CT molecular complexity index is 960. The summed E-state index contributed by atoms with van der Waals surface area (Å²) in [6.45, 7) is 2.03. The number of benzene rings is 1. The number of ether oxygens (including phenoxy) is 2. The molecule has 1 aromatic heterocycles. The van der Waals surface area contributed by atoms with Crippen molar-refractivity contribution in [3.63, 3.8) is 0 Å². The highest BCUT2D eigenvalue weighted by Gasteiger charge is 2.34. The number of aromatic nitrogens is 1. The molecule has 184 valence electrons. The fourth-order valence-electron chi connectivity index (χ4n) is 5.12. The maximum atomic E-state index is 13.5. The quantitative estimate of drug-likeness (QED) is 0.553. The van der Waals surface area contributed by atoms with Crippen molar-refractivity contribution < 1.29 is 28.3 Å². The van der Waals surface area contributed by atoms with E-state index in [-0.39, 0.29) is 35.8 Å². The zero-order valence-corrected chi connectivity index (χ0v) is 19.4. The van der Waals surface area contributed by atoms with Gasteiger partial charge < -0.3 is 24.5 Å². The van der Waals surface area contributed by atoms with Crippen LogP contribution in [0.2, 0.25) is 0 Å². The van der Waals surface area contributed by atoms with Gasteiger partial charge in [-0.2, -0.15) is 0 Å². The van der Waals surface area contributed by atoms with Crippen LogP contribution in [-0.4, -0.2) is 60.1 Å². The van der Waals surface area contributed by atoms with Crippen LogP contribution in [0.3, 0.4) is 0 Å². The van der Waals surface area contributed by atoms with E-state index in [0.29, 0.717) is 50.2 Å². The van der Waals surface area contributed by atoms with Crippen molar-refractivity contribution in [1.29, 1.82) is 0 Å². The van der Waals surface area contributed by atoms with E-state index in [4.69, 9.17) is 19.6 Å². The molecule has 9 heteroatoms. The summed E-state index contributed by atoms with van der Waals surface area (Å²) in [5.41, 5.74) is 6.53. The van der Waals surface area contributed by atoms with Crippen molar-refractivity contribution >= 4 is 28.9 Å². The number of rotatable bonds is 9. The molecule has 1 aromatic carbocycles. The maximum absolute atomic E-state index is 13.5. The minimum atomic E-state index is -0.917. The van der Waals surface area contributed by atoms with Crippen LogP contribution < -0.4 is 5.73 Å². The highest BCUT2D eigenvalue weighted by Crippen LogP contribution is 2.35. The van der Waals surface area contributed by atoms with Crippen molar-refractivity contribution in [2.75, 3.05) is 26.3 Å². The molecule has 2 N–H and O–H groups in total. The van der Waals surface area contributed by atoms with Crippen LogP contribution in [0.15, 0.2) is 28.7 Å². The van der Waals surface area contributed by atoms with Gasteiger partial charge >= 0.3 is 6.09 Å². The molecular weight excluding hydrogens is 438 g/mol. The van der Waals surface area contributed by atoms with Crippen molar-refractivity contribution in [2.24, 2.45) is 17.6 Å². The first-order valence-corrected chi connectivity index (χ1v) is 12.2. The Morgan fingerprint density at radius 2 is 1.82 bits per heavy atom. The zero-order valence-electron chi connectivity index (χ0n) is 19.4. The second kappa shape index (κ2) is 11.5. The molecule has 0 spiro atoms. The zero-order chi connectivity index (χ0) is 23.9. The van der Waals surface area contributed by atoms with Gasteiger partial charge in [-0.15, -0.1) is 0 Å². The average molecular weight is 472 g/mol. The number of amides is 2. The van der Waals surface area contributed by atoms with Gasteiger partial charge in [-0.05, 0) is 43.7 Å².